The maximum atomic E-state index is 13.0. The van der Waals surface area contributed by atoms with Crippen LogP contribution in [0.1, 0.15) is 37.8 Å². The molecule has 0 aliphatic rings. The van der Waals surface area contributed by atoms with Crippen molar-refractivity contribution in [3.05, 3.63) is 29.3 Å². The summed E-state index contributed by atoms with van der Waals surface area (Å²) in [6, 6.07) is 5.57. The van der Waals surface area contributed by atoms with Crippen molar-refractivity contribution < 1.29 is 18.3 Å². The number of carbonyl (C=O) groups excluding carboxylic acids is 1. The Morgan fingerprint density at radius 3 is 2.43 bits per heavy atom. The zero-order valence-corrected chi connectivity index (χ0v) is 14.7. The molecule has 0 aliphatic carbocycles. The first-order valence-electron chi connectivity index (χ1n) is 7.29. The molecule has 0 saturated heterocycles. The lowest BCUT2D eigenvalue weighted by Gasteiger charge is -2.19. The summed E-state index contributed by atoms with van der Waals surface area (Å²) in [4.78, 5) is 11.8. The van der Waals surface area contributed by atoms with Crippen molar-refractivity contribution in [2.24, 2.45) is 5.73 Å². The van der Waals surface area contributed by atoms with Crippen LogP contribution in [0.2, 0.25) is 0 Å². The second kappa shape index (κ2) is 9.03. The molecule has 3 N–H and O–H groups in total. The van der Waals surface area contributed by atoms with E-state index in [1.165, 1.54) is 12.5 Å². The lowest BCUT2D eigenvalue weighted by Crippen LogP contribution is -2.45. The highest BCUT2D eigenvalue weighted by Crippen LogP contribution is 2.24. The van der Waals surface area contributed by atoms with Gasteiger partial charge in [0.2, 0.25) is 0 Å². The molecule has 0 fully saturated rings. The van der Waals surface area contributed by atoms with Gasteiger partial charge in [0.1, 0.15) is 5.75 Å². The van der Waals surface area contributed by atoms with Gasteiger partial charge in [0, 0.05) is 0 Å². The molecule has 1 aromatic carbocycles. The zero-order valence-electron chi connectivity index (χ0n) is 13.9. The highest BCUT2D eigenvalue weighted by molar-refractivity contribution is 5.85. The van der Waals surface area contributed by atoms with Crippen LogP contribution in [-0.2, 0) is 4.79 Å². The van der Waals surface area contributed by atoms with Crippen LogP contribution in [0, 0.1) is 6.92 Å². The van der Waals surface area contributed by atoms with E-state index in [0.717, 1.165) is 5.56 Å². The zero-order chi connectivity index (χ0) is 16.9. The Morgan fingerprint density at radius 1 is 1.35 bits per heavy atom. The van der Waals surface area contributed by atoms with E-state index < -0.39 is 31.0 Å². The minimum absolute atomic E-state index is 0. The van der Waals surface area contributed by atoms with Crippen molar-refractivity contribution >= 4 is 18.3 Å². The van der Waals surface area contributed by atoms with Crippen LogP contribution < -0.4 is 15.8 Å². The van der Waals surface area contributed by atoms with E-state index >= 15 is 0 Å². The molecule has 1 aromatic rings. The monoisotopic (exact) mass is 350 g/mol. The fourth-order valence-corrected chi connectivity index (χ4v) is 2.06. The number of nitrogens with one attached hydrogen (secondary N) is 1. The van der Waals surface area contributed by atoms with Crippen LogP contribution in [0.4, 0.5) is 8.78 Å². The molecule has 0 spiro atoms. The van der Waals surface area contributed by atoms with E-state index in [4.69, 9.17) is 10.5 Å². The molecule has 0 bridgehead atoms. The third-order valence-corrected chi connectivity index (χ3v) is 3.37. The van der Waals surface area contributed by atoms with E-state index in [2.05, 4.69) is 19.2 Å². The van der Waals surface area contributed by atoms with Crippen LogP contribution >= 0.6 is 12.4 Å². The van der Waals surface area contributed by atoms with E-state index in [-0.39, 0.29) is 12.4 Å². The van der Waals surface area contributed by atoms with Crippen LogP contribution in [0.25, 0.3) is 0 Å². The molecular weight excluding hydrogens is 326 g/mol. The van der Waals surface area contributed by atoms with Gasteiger partial charge in [0.05, 0.1) is 13.1 Å². The van der Waals surface area contributed by atoms with Gasteiger partial charge in [0.25, 0.3) is 11.8 Å². The standard InChI is InChI=1S/C16H24F2N2O2.ClH/c1-10(2)14-6-5-13(7-11(14)3)22-12(4)15(21)20-9-16(17,18)8-19;/h5-7,10,12H,8-9,19H2,1-4H3,(H,20,21);1H. The predicted molar refractivity (Wildman–Crippen MR) is 89.6 cm³/mol. The number of hydrogen-bond acceptors (Lipinski definition) is 3. The summed E-state index contributed by atoms with van der Waals surface area (Å²) < 4.78 is 31.5. The summed E-state index contributed by atoms with van der Waals surface area (Å²) in [6.45, 7) is 6.07. The Bertz CT molecular complexity index is 525. The van der Waals surface area contributed by atoms with Gasteiger partial charge in [-0.1, -0.05) is 19.9 Å². The maximum Gasteiger partial charge on any atom is 0.277 e. The molecule has 1 rings (SSSR count). The molecule has 132 valence electrons. The quantitative estimate of drug-likeness (QED) is 0.794. The van der Waals surface area contributed by atoms with Crippen molar-refractivity contribution in [2.75, 3.05) is 13.1 Å². The van der Waals surface area contributed by atoms with Crippen LogP contribution in [0.3, 0.4) is 0 Å². The van der Waals surface area contributed by atoms with E-state index in [1.807, 2.05) is 19.1 Å². The minimum atomic E-state index is -3.11. The molecule has 1 atom stereocenters. The van der Waals surface area contributed by atoms with Gasteiger partial charge in [-0.15, -0.1) is 12.4 Å². The number of rotatable bonds is 7. The Kier molecular flexibility index (Phi) is 8.48. The predicted octanol–water partition coefficient (Wildman–Crippen LogP) is 3.02. The average molecular weight is 351 g/mol. The molecule has 0 saturated carbocycles. The summed E-state index contributed by atoms with van der Waals surface area (Å²) in [7, 11) is 0. The normalized spacial score (nSPS) is 12.5. The topological polar surface area (TPSA) is 64.3 Å². The van der Waals surface area contributed by atoms with Crippen LogP contribution in [0.15, 0.2) is 18.2 Å². The summed E-state index contributed by atoms with van der Waals surface area (Å²) >= 11 is 0. The second-order valence-corrected chi connectivity index (χ2v) is 5.71. The van der Waals surface area contributed by atoms with Gasteiger partial charge in [-0.25, -0.2) is 8.78 Å². The molecule has 4 nitrogen and oxygen atoms in total. The van der Waals surface area contributed by atoms with Crippen LogP contribution in [-0.4, -0.2) is 31.0 Å². The largest absolute Gasteiger partial charge is 0.481 e. The molecule has 1 amide bonds. The molecule has 0 aliphatic heterocycles. The molecule has 23 heavy (non-hydrogen) atoms. The van der Waals surface area contributed by atoms with E-state index in [1.54, 1.807) is 6.07 Å². The molecule has 0 heterocycles. The van der Waals surface area contributed by atoms with Gasteiger partial charge >= 0.3 is 0 Å². The smallest absolute Gasteiger partial charge is 0.277 e. The lowest BCUT2D eigenvalue weighted by atomic mass is 9.98. The number of nitrogens with two attached hydrogens (primary N) is 1. The average Bonchev–Trinajstić information content (AvgIpc) is 2.44. The highest BCUT2D eigenvalue weighted by atomic mass is 35.5. The Labute approximate surface area is 142 Å². The minimum Gasteiger partial charge on any atom is -0.481 e. The Morgan fingerprint density at radius 2 is 1.96 bits per heavy atom. The van der Waals surface area contributed by atoms with Crippen molar-refractivity contribution in [1.29, 1.82) is 0 Å². The fourth-order valence-electron chi connectivity index (χ4n) is 2.06. The number of carbonyl (C=O) groups is 1. The maximum absolute atomic E-state index is 13.0. The number of amides is 1. The summed E-state index contributed by atoms with van der Waals surface area (Å²) in [5.41, 5.74) is 7.18. The lowest BCUT2D eigenvalue weighted by molar-refractivity contribution is -0.129. The number of aryl methyl sites for hydroxylation is 1. The van der Waals surface area contributed by atoms with Crippen molar-refractivity contribution in [3.8, 4) is 5.75 Å². The molecule has 1 unspecified atom stereocenters. The molecular formula is C16H25ClF2N2O2. The molecule has 7 heteroatoms. The second-order valence-electron chi connectivity index (χ2n) is 5.71. The Hall–Kier alpha value is -1.40. The summed E-state index contributed by atoms with van der Waals surface area (Å²) in [5, 5.41) is 2.14. The molecule has 0 aromatic heterocycles. The number of alkyl halides is 2. The van der Waals surface area contributed by atoms with Gasteiger partial charge in [-0.2, -0.15) is 0 Å². The highest BCUT2D eigenvalue weighted by Gasteiger charge is 2.28. The van der Waals surface area contributed by atoms with Crippen molar-refractivity contribution in [3.63, 3.8) is 0 Å². The summed E-state index contributed by atoms with van der Waals surface area (Å²) in [5.74, 6) is -2.77. The number of ether oxygens (including phenoxy) is 1. The van der Waals surface area contributed by atoms with Crippen molar-refractivity contribution in [1.82, 2.24) is 5.32 Å². The molecule has 0 radical (unpaired) electrons. The number of hydrogen-bond donors (Lipinski definition) is 2. The SMILES string of the molecule is Cc1cc(OC(C)C(=O)NCC(F)(F)CN)ccc1C(C)C.Cl. The van der Waals surface area contributed by atoms with Gasteiger partial charge < -0.3 is 15.8 Å². The van der Waals surface area contributed by atoms with Gasteiger partial charge in [-0.05, 0) is 43.0 Å². The Balaban J connectivity index is 0.00000484. The first-order chi connectivity index (χ1) is 10.2. The van der Waals surface area contributed by atoms with Gasteiger partial charge in [-0.3, -0.25) is 4.79 Å². The van der Waals surface area contributed by atoms with E-state index in [0.29, 0.717) is 11.7 Å². The number of halogens is 3. The van der Waals surface area contributed by atoms with Crippen molar-refractivity contribution in [2.45, 2.75) is 45.6 Å². The third-order valence-electron chi connectivity index (χ3n) is 3.37. The van der Waals surface area contributed by atoms with E-state index in [9.17, 15) is 13.6 Å². The van der Waals surface area contributed by atoms with Gasteiger partial charge in [0.15, 0.2) is 6.10 Å². The number of benzene rings is 1. The van der Waals surface area contributed by atoms with Crippen LogP contribution in [0.5, 0.6) is 5.75 Å². The fraction of sp³-hybridized carbons (Fsp3) is 0.562. The summed E-state index contributed by atoms with van der Waals surface area (Å²) in [6.07, 6.45) is -0.863. The first-order valence-corrected chi connectivity index (χ1v) is 7.29. The first kappa shape index (κ1) is 21.6. The third kappa shape index (κ3) is 6.71.